The molecule has 0 spiro atoms. The van der Waals surface area contributed by atoms with Crippen LogP contribution in [0.25, 0.3) is 17.0 Å². The molecule has 23 heavy (non-hydrogen) atoms. The number of hydrogen-bond acceptors (Lipinski definition) is 6. The summed E-state index contributed by atoms with van der Waals surface area (Å²) in [6.07, 6.45) is 3.26. The average molecular weight is 341 g/mol. The second-order valence-electron chi connectivity index (χ2n) is 4.67. The summed E-state index contributed by atoms with van der Waals surface area (Å²) < 4.78 is 6.07. The number of thioether (sulfide) groups is 1. The Morgan fingerprint density at radius 2 is 2.35 bits per heavy atom. The first-order chi connectivity index (χ1) is 11.1. The van der Waals surface area contributed by atoms with Gasteiger partial charge in [0.15, 0.2) is 0 Å². The van der Waals surface area contributed by atoms with Crippen LogP contribution in [0.5, 0.6) is 5.75 Å². The van der Waals surface area contributed by atoms with Crippen molar-refractivity contribution in [1.82, 2.24) is 10.3 Å². The molecule has 1 aromatic heterocycles. The summed E-state index contributed by atoms with van der Waals surface area (Å²) in [6.45, 7) is 2.31. The van der Waals surface area contributed by atoms with Crippen molar-refractivity contribution in [2.75, 3.05) is 6.61 Å². The summed E-state index contributed by atoms with van der Waals surface area (Å²) in [5.74, 6) is 0.313. The van der Waals surface area contributed by atoms with Gasteiger partial charge in [0.1, 0.15) is 21.7 Å². The Morgan fingerprint density at radius 3 is 3.00 bits per heavy atom. The zero-order chi connectivity index (χ0) is 16.4. The van der Waals surface area contributed by atoms with Crippen molar-refractivity contribution in [3.05, 3.63) is 40.4 Å². The Kier molecular flexibility index (Phi) is 4.28. The van der Waals surface area contributed by atoms with Gasteiger partial charge in [-0.25, -0.2) is 0 Å². The molecule has 0 bridgehead atoms. The standard InChI is InChI=1S/C16H11N3O2S2/c1-2-21-14-10(7-17)8-18-12-4-3-9(5-11(12)14)6-13-15(20)19-16(22)23-13/h3-6,8H,2H2,1H3,(H,19,20,22)/b13-6-. The minimum Gasteiger partial charge on any atom is -0.492 e. The molecule has 2 aromatic rings. The van der Waals surface area contributed by atoms with E-state index < -0.39 is 0 Å². The molecular weight excluding hydrogens is 330 g/mol. The van der Waals surface area contributed by atoms with Gasteiger partial charge in [-0.05, 0) is 30.7 Å². The van der Waals surface area contributed by atoms with Crippen LogP contribution in [0.1, 0.15) is 18.1 Å². The van der Waals surface area contributed by atoms with E-state index in [4.69, 9.17) is 17.0 Å². The summed E-state index contributed by atoms with van der Waals surface area (Å²) in [4.78, 5) is 16.6. The van der Waals surface area contributed by atoms with Crippen molar-refractivity contribution in [3.8, 4) is 11.8 Å². The molecule has 114 valence electrons. The molecule has 1 N–H and O–H groups in total. The largest absolute Gasteiger partial charge is 0.492 e. The second kappa shape index (κ2) is 6.36. The van der Waals surface area contributed by atoms with Crippen LogP contribution in [0.2, 0.25) is 0 Å². The normalized spacial score (nSPS) is 15.7. The Bertz CT molecular complexity index is 900. The zero-order valence-electron chi connectivity index (χ0n) is 12.1. The monoisotopic (exact) mass is 341 g/mol. The first-order valence-corrected chi connectivity index (χ1v) is 8.05. The van der Waals surface area contributed by atoms with Crippen LogP contribution < -0.4 is 10.1 Å². The van der Waals surface area contributed by atoms with Gasteiger partial charge in [-0.3, -0.25) is 9.78 Å². The number of fused-ring (bicyclic) bond motifs is 1. The van der Waals surface area contributed by atoms with E-state index in [1.165, 1.54) is 18.0 Å². The van der Waals surface area contributed by atoms with E-state index in [1.54, 1.807) is 6.08 Å². The van der Waals surface area contributed by atoms with E-state index in [1.807, 2.05) is 25.1 Å². The number of carbonyl (C=O) groups is 1. The van der Waals surface area contributed by atoms with Crippen molar-refractivity contribution >= 4 is 51.2 Å². The number of pyridine rings is 1. The molecule has 0 atom stereocenters. The maximum Gasteiger partial charge on any atom is 0.263 e. The summed E-state index contributed by atoms with van der Waals surface area (Å²) in [7, 11) is 0. The fourth-order valence-corrected chi connectivity index (χ4v) is 3.27. The highest BCUT2D eigenvalue weighted by Gasteiger charge is 2.22. The lowest BCUT2D eigenvalue weighted by Crippen LogP contribution is -2.17. The molecule has 1 aromatic carbocycles. The van der Waals surface area contributed by atoms with Crippen LogP contribution in [0.4, 0.5) is 0 Å². The quantitative estimate of drug-likeness (QED) is 0.683. The third-order valence-corrected chi connectivity index (χ3v) is 4.35. The lowest BCUT2D eigenvalue weighted by Gasteiger charge is -2.09. The highest BCUT2D eigenvalue weighted by Crippen LogP contribution is 2.31. The zero-order valence-corrected chi connectivity index (χ0v) is 13.8. The highest BCUT2D eigenvalue weighted by atomic mass is 32.2. The number of nitrogens with zero attached hydrogens (tertiary/aromatic N) is 2. The Labute approximate surface area is 142 Å². The maximum absolute atomic E-state index is 11.8. The van der Waals surface area contributed by atoms with Gasteiger partial charge in [-0.15, -0.1) is 0 Å². The van der Waals surface area contributed by atoms with E-state index in [9.17, 15) is 10.1 Å². The third-order valence-electron chi connectivity index (χ3n) is 3.19. The van der Waals surface area contributed by atoms with Gasteiger partial charge in [0.2, 0.25) is 0 Å². The van der Waals surface area contributed by atoms with Crippen molar-refractivity contribution in [3.63, 3.8) is 0 Å². The van der Waals surface area contributed by atoms with Crippen molar-refractivity contribution in [2.24, 2.45) is 0 Å². The topological polar surface area (TPSA) is 75.0 Å². The SMILES string of the molecule is CCOc1c(C#N)cnc2ccc(/C=C3\SC(=S)NC3=O)cc12. The Morgan fingerprint density at radius 1 is 1.52 bits per heavy atom. The Balaban J connectivity index is 2.12. The molecule has 0 aliphatic carbocycles. The van der Waals surface area contributed by atoms with Gasteiger partial charge in [-0.2, -0.15) is 5.26 Å². The van der Waals surface area contributed by atoms with Crippen LogP contribution >= 0.6 is 24.0 Å². The first-order valence-electron chi connectivity index (χ1n) is 6.83. The van der Waals surface area contributed by atoms with Crippen LogP contribution in [0.3, 0.4) is 0 Å². The van der Waals surface area contributed by atoms with Gasteiger partial charge in [0.05, 0.1) is 17.0 Å². The molecule has 5 nitrogen and oxygen atoms in total. The first kappa shape index (κ1) is 15.5. The number of nitriles is 1. The van der Waals surface area contributed by atoms with Crippen molar-refractivity contribution in [1.29, 1.82) is 5.26 Å². The van der Waals surface area contributed by atoms with E-state index in [0.717, 1.165) is 16.5 Å². The highest BCUT2D eigenvalue weighted by molar-refractivity contribution is 8.26. The number of benzene rings is 1. The minimum atomic E-state index is -0.200. The summed E-state index contributed by atoms with van der Waals surface area (Å²) in [5.41, 5.74) is 1.93. The van der Waals surface area contributed by atoms with Crippen molar-refractivity contribution in [2.45, 2.75) is 6.92 Å². The second-order valence-corrected chi connectivity index (χ2v) is 6.39. The minimum absolute atomic E-state index is 0.200. The molecule has 1 amide bonds. The number of carbonyl (C=O) groups excluding carboxylic acids is 1. The van der Waals surface area contributed by atoms with E-state index >= 15 is 0 Å². The molecule has 2 heterocycles. The van der Waals surface area contributed by atoms with Crippen LogP contribution in [-0.4, -0.2) is 21.8 Å². The molecule has 1 fully saturated rings. The predicted octanol–water partition coefficient (Wildman–Crippen LogP) is 2.99. The van der Waals surface area contributed by atoms with Crippen molar-refractivity contribution < 1.29 is 9.53 Å². The lowest BCUT2D eigenvalue weighted by atomic mass is 10.1. The number of rotatable bonds is 3. The van der Waals surface area contributed by atoms with E-state index in [-0.39, 0.29) is 5.91 Å². The molecule has 1 saturated heterocycles. The van der Waals surface area contributed by atoms with E-state index in [0.29, 0.717) is 27.1 Å². The fourth-order valence-electron chi connectivity index (χ4n) is 2.23. The van der Waals surface area contributed by atoms with Crippen LogP contribution in [0.15, 0.2) is 29.3 Å². The van der Waals surface area contributed by atoms with Gasteiger partial charge < -0.3 is 10.1 Å². The molecule has 0 unspecified atom stereocenters. The van der Waals surface area contributed by atoms with Crippen LogP contribution in [0, 0.1) is 11.3 Å². The molecule has 1 aliphatic rings. The van der Waals surface area contributed by atoms with Gasteiger partial charge >= 0.3 is 0 Å². The van der Waals surface area contributed by atoms with Gasteiger partial charge in [0.25, 0.3) is 5.91 Å². The summed E-state index contributed by atoms with van der Waals surface area (Å²) in [5, 5.41) is 12.5. The summed E-state index contributed by atoms with van der Waals surface area (Å²) in [6, 6.07) is 7.64. The summed E-state index contributed by atoms with van der Waals surface area (Å²) >= 11 is 6.21. The van der Waals surface area contributed by atoms with Gasteiger partial charge in [0, 0.05) is 11.6 Å². The molecule has 1 aliphatic heterocycles. The number of aromatic nitrogens is 1. The number of amides is 1. The molecule has 7 heteroatoms. The maximum atomic E-state index is 11.8. The molecular formula is C16H11N3O2S2. The number of ether oxygens (including phenoxy) is 1. The smallest absolute Gasteiger partial charge is 0.263 e. The Hall–Kier alpha value is -2.43. The molecule has 0 radical (unpaired) electrons. The number of thiocarbonyl (C=S) groups is 1. The van der Waals surface area contributed by atoms with E-state index in [2.05, 4.69) is 16.4 Å². The lowest BCUT2D eigenvalue weighted by molar-refractivity contribution is -0.115. The van der Waals surface area contributed by atoms with Gasteiger partial charge in [-0.1, -0.05) is 30.0 Å². The average Bonchev–Trinajstić information content (AvgIpc) is 2.85. The van der Waals surface area contributed by atoms with Crippen LogP contribution in [-0.2, 0) is 4.79 Å². The fraction of sp³-hybridized carbons (Fsp3) is 0.125. The number of nitrogens with one attached hydrogen (secondary N) is 1. The predicted molar refractivity (Wildman–Crippen MR) is 93.9 cm³/mol. The molecule has 0 saturated carbocycles. The number of hydrogen-bond donors (Lipinski definition) is 1. The molecule has 3 rings (SSSR count). The third kappa shape index (κ3) is 3.04.